The standard InChI is InChI=1S/C14H11F2NOS/c15-12-4-1-5-13(14(12)16)18-9-11-7-6-10(19-11)3-2-8-17/h1,4-7H,8-9,17H2. The highest BCUT2D eigenvalue weighted by Crippen LogP contribution is 2.22. The van der Waals surface area contributed by atoms with Gasteiger partial charge in [-0.3, -0.25) is 0 Å². The third-order valence-electron chi connectivity index (χ3n) is 2.26. The third-order valence-corrected chi connectivity index (χ3v) is 3.24. The summed E-state index contributed by atoms with van der Waals surface area (Å²) in [7, 11) is 0. The van der Waals surface area contributed by atoms with Gasteiger partial charge in [0.25, 0.3) is 0 Å². The number of hydrogen-bond acceptors (Lipinski definition) is 3. The average Bonchev–Trinajstić information content (AvgIpc) is 2.86. The van der Waals surface area contributed by atoms with Crippen LogP contribution in [0, 0.1) is 23.5 Å². The van der Waals surface area contributed by atoms with Crippen LogP contribution in [0.2, 0.25) is 0 Å². The van der Waals surface area contributed by atoms with E-state index in [2.05, 4.69) is 11.8 Å². The second-order valence-electron chi connectivity index (χ2n) is 3.61. The normalized spacial score (nSPS) is 9.84. The van der Waals surface area contributed by atoms with Crippen LogP contribution in [0.25, 0.3) is 0 Å². The molecule has 0 spiro atoms. The molecule has 0 saturated carbocycles. The first-order chi connectivity index (χ1) is 9.20. The molecule has 98 valence electrons. The number of nitrogens with two attached hydrogens (primary N) is 1. The zero-order valence-electron chi connectivity index (χ0n) is 9.95. The largest absolute Gasteiger partial charge is 0.485 e. The van der Waals surface area contributed by atoms with E-state index in [-0.39, 0.29) is 12.4 Å². The Kier molecular flexibility index (Phi) is 4.50. The minimum Gasteiger partial charge on any atom is -0.485 e. The van der Waals surface area contributed by atoms with Crippen molar-refractivity contribution >= 4 is 11.3 Å². The monoisotopic (exact) mass is 279 g/mol. The van der Waals surface area contributed by atoms with Crippen molar-refractivity contribution in [2.24, 2.45) is 5.73 Å². The first-order valence-electron chi connectivity index (χ1n) is 5.55. The number of hydrogen-bond donors (Lipinski definition) is 1. The lowest BCUT2D eigenvalue weighted by Crippen LogP contribution is -1.97. The van der Waals surface area contributed by atoms with Gasteiger partial charge in [0.15, 0.2) is 11.6 Å². The van der Waals surface area contributed by atoms with Crippen LogP contribution in [0.5, 0.6) is 5.75 Å². The molecule has 0 amide bonds. The number of rotatable bonds is 3. The molecule has 0 saturated heterocycles. The topological polar surface area (TPSA) is 35.2 Å². The van der Waals surface area contributed by atoms with Crippen molar-refractivity contribution in [2.75, 3.05) is 6.54 Å². The van der Waals surface area contributed by atoms with Crippen molar-refractivity contribution < 1.29 is 13.5 Å². The Morgan fingerprint density at radius 1 is 1.21 bits per heavy atom. The number of ether oxygens (including phenoxy) is 1. The van der Waals surface area contributed by atoms with E-state index in [0.29, 0.717) is 6.54 Å². The molecule has 1 aromatic heterocycles. The molecule has 0 unspecified atom stereocenters. The van der Waals surface area contributed by atoms with Crippen LogP contribution < -0.4 is 10.5 Å². The quantitative estimate of drug-likeness (QED) is 0.877. The predicted molar refractivity (Wildman–Crippen MR) is 70.9 cm³/mol. The lowest BCUT2D eigenvalue weighted by Gasteiger charge is -2.05. The Morgan fingerprint density at radius 2 is 2.05 bits per heavy atom. The first kappa shape index (κ1) is 13.5. The molecule has 2 nitrogen and oxygen atoms in total. The molecular formula is C14H11F2NOS. The molecule has 2 aromatic rings. The molecule has 2 rings (SSSR count). The summed E-state index contributed by atoms with van der Waals surface area (Å²) in [6, 6.07) is 7.52. The smallest absolute Gasteiger partial charge is 0.200 e. The molecule has 0 radical (unpaired) electrons. The summed E-state index contributed by atoms with van der Waals surface area (Å²) < 4.78 is 31.6. The van der Waals surface area contributed by atoms with E-state index in [1.807, 2.05) is 12.1 Å². The minimum atomic E-state index is -0.970. The van der Waals surface area contributed by atoms with Crippen LogP contribution in [0.1, 0.15) is 9.75 Å². The maximum absolute atomic E-state index is 13.3. The minimum absolute atomic E-state index is 0.0945. The molecule has 19 heavy (non-hydrogen) atoms. The van der Waals surface area contributed by atoms with Crippen LogP contribution in [-0.4, -0.2) is 6.54 Å². The number of benzene rings is 1. The van der Waals surface area contributed by atoms with Gasteiger partial charge in [0.1, 0.15) is 6.61 Å². The van der Waals surface area contributed by atoms with E-state index in [0.717, 1.165) is 15.8 Å². The van der Waals surface area contributed by atoms with Crippen LogP contribution in [-0.2, 0) is 6.61 Å². The summed E-state index contributed by atoms with van der Waals surface area (Å²) in [5.74, 6) is 3.66. The lowest BCUT2D eigenvalue weighted by molar-refractivity contribution is 0.287. The Labute approximate surface area is 113 Å². The van der Waals surface area contributed by atoms with Crippen LogP contribution >= 0.6 is 11.3 Å². The highest BCUT2D eigenvalue weighted by atomic mass is 32.1. The average molecular weight is 279 g/mol. The summed E-state index contributed by atoms with van der Waals surface area (Å²) in [5, 5.41) is 0. The second kappa shape index (κ2) is 6.32. The molecule has 2 N–H and O–H groups in total. The highest BCUT2D eigenvalue weighted by Gasteiger charge is 2.09. The van der Waals surface area contributed by atoms with Gasteiger partial charge < -0.3 is 10.5 Å². The van der Waals surface area contributed by atoms with E-state index < -0.39 is 11.6 Å². The molecule has 5 heteroatoms. The van der Waals surface area contributed by atoms with Gasteiger partial charge in [-0.1, -0.05) is 17.9 Å². The molecule has 0 aliphatic heterocycles. The lowest BCUT2D eigenvalue weighted by atomic mass is 10.3. The van der Waals surface area contributed by atoms with Crippen molar-refractivity contribution in [1.82, 2.24) is 0 Å². The fourth-order valence-corrected chi connectivity index (χ4v) is 2.20. The van der Waals surface area contributed by atoms with Gasteiger partial charge >= 0.3 is 0 Å². The molecule has 0 bridgehead atoms. The molecule has 0 aliphatic carbocycles. The SMILES string of the molecule is NCC#Cc1ccc(COc2cccc(F)c2F)s1. The summed E-state index contributed by atoms with van der Waals surface area (Å²) in [4.78, 5) is 1.74. The van der Waals surface area contributed by atoms with Crippen molar-refractivity contribution in [3.8, 4) is 17.6 Å². The van der Waals surface area contributed by atoms with Gasteiger partial charge in [-0.15, -0.1) is 11.3 Å². The van der Waals surface area contributed by atoms with E-state index >= 15 is 0 Å². The van der Waals surface area contributed by atoms with Gasteiger partial charge in [0.2, 0.25) is 5.82 Å². The van der Waals surface area contributed by atoms with Crippen molar-refractivity contribution in [1.29, 1.82) is 0 Å². The highest BCUT2D eigenvalue weighted by molar-refractivity contribution is 7.12. The molecule has 0 atom stereocenters. The maximum atomic E-state index is 13.3. The summed E-state index contributed by atoms with van der Waals surface area (Å²) in [5.41, 5.74) is 5.28. The van der Waals surface area contributed by atoms with Crippen molar-refractivity contribution in [2.45, 2.75) is 6.61 Å². The molecule has 1 aromatic carbocycles. The Hall–Kier alpha value is -1.90. The fraction of sp³-hybridized carbons (Fsp3) is 0.143. The van der Waals surface area contributed by atoms with E-state index in [4.69, 9.17) is 10.5 Å². The molecule has 1 heterocycles. The number of halogens is 2. The van der Waals surface area contributed by atoms with E-state index in [9.17, 15) is 8.78 Å². The van der Waals surface area contributed by atoms with E-state index in [1.165, 1.54) is 23.5 Å². The Bertz CT molecular complexity index is 628. The van der Waals surface area contributed by atoms with Gasteiger partial charge in [-0.05, 0) is 24.3 Å². The van der Waals surface area contributed by atoms with Crippen molar-refractivity contribution in [3.05, 3.63) is 51.7 Å². The van der Waals surface area contributed by atoms with Gasteiger partial charge in [-0.2, -0.15) is 4.39 Å². The van der Waals surface area contributed by atoms with Crippen LogP contribution in [0.15, 0.2) is 30.3 Å². The van der Waals surface area contributed by atoms with Crippen molar-refractivity contribution in [3.63, 3.8) is 0 Å². The fourth-order valence-electron chi connectivity index (χ4n) is 1.41. The Balaban J connectivity index is 2.02. The summed E-state index contributed by atoms with van der Waals surface area (Å²) >= 11 is 1.43. The van der Waals surface area contributed by atoms with Gasteiger partial charge in [0, 0.05) is 4.88 Å². The van der Waals surface area contributed by atoms with E-state index in [1.54, 1.807) is 0 Å². The predicted octanol–water partition coefficient (Wildman–Crippen LogP) is 2.92. The van der Waals surface area contributed by atoms with Crippen LogP contribution in [0.4, 0.5) is 8.78 Å². The second-order valence-corrected chi connectivity index (χ2v) is 4.78. The number of thiophene rings is 1. The molecule has 0 aliphatic rings. The van der Waals surface area contributed by atoms with Gasteiger partial charge in [-0.25, -0.2) is 4.39 Å². The Morgan fingerprint density at radius 3 is 2.84 bits per heavy atom. The maximum Gasteiger partial charge on any atom is 0.200 e. The van der Waals surface area contributed by atoms with Crippen LogP contribution in [0.3, 0.4) is 0 Å². The zero-order valence-corrected chi connectivity index (χ0v) is 10.8. The zero-order chi connectivity index (χ0) is 13.7. The third kappa shape index (κ3) is 3.53. The molecule has 0 fully saturated rings. The summed E-state index contributed by atoms with van der Waals surface area (Å²) in [6.07, 6.45) is 0. The molecular weight excluding hydrogens is 268 g/mol. The van der Waals surface area contributed by atoms with Gasteiger partial charge in [0.05, 0.1) is 11.4 Å². The first-order valence-corrected chi connectivity index (χ1v) is 6.37. The summed E-state index contributed by atoms with van der Waals surface area (Å²) in [6.45, 7) is 0.480.